The Hall–Kier alpha value is -3.49. The van der Waals surface area contributed by atoms with Gasteiger partial charge in [0.2, 0.25) is 0 Å². The Morgan fingerprint density at radius 3 is 2.25 bits per heavy atom. The van der Waals surface area contributed by atoms with E-state index in [2.05, 4.69) is 22.4 Å². The molecule has 0 aromatic heterocycles. The molecule has 0 aliphatic carbocycles. The van der Waals surface area contributed by atoms with Crippen molar-refractivity contribution in [2.75, 3.05) is 23.4 Å². The number of hydrazone groups is 1. The van der Waals surface area contributed by atoms with Crippen molar-refractivity contribution >= 4 is 29.0 Å². The molecule has 1 N–H and O–H groups in total. The van der Waals surface area contributed by atoms with Gasteiger partial charge < -0.3 is 4.90 Å². The number of benzene rings is 2. The van der Waals surface area contributed by atoms with Gasteiger partial charge >= 0.3 is 0 Å². The largest absolute Gasteiger partial charge is 0.371 e. The molecule has 0 atom stereocenters. The number of rotatable bonds is 10. The molecule has 0 saturated carbocycles. The number of unbranched alkanes of at least 4 members (excludes halogenated alkanes) is 1. The number of nitrogens with zero attached hydrogens (tertiary/aromatic N) is 4. The maximum Gasteiger partial charge on any atom is 0.270 e. The van der Waals surface area contributed by atoms with E-state index in [4.69, 9.17) is 0 Å². The molecule has 0 radical (unpaired) electrons. The van der Waals surface area contributed by atoms with Gasteiger partial charge in [-0.15, -0.1) is 0 Å². The molecule has 0 aliphatic heterocycles. The quantitative estimate of drug-likeness (QED) is 0.364. The smallest absolute Gasteiger partial charge is 0.270 e. The van der Waals surface area contributed by atoms with Crippen molar-refractivity contribution in [1.82, 2.24) is 0 Å². The van der Waals surface area contributed by atoms with Crippen LogP contribution in [-0.4, -0.2) is 29.2 Å². The summed E-state index contributed by atoms with van der Waals surface area (Å²) in [7, 11) is 0. The normalized spacial score (nSPS) is 10.8. The van der Waals surface area contributed by atoms with Gasteiger partial charge in [-0.3, -0.25) is 25.7 Å². The van der Waals surface area contributed by atoms with Gasteiger partial charge in [-0.1, -0.05) is 13.3 Å². The zero-order valence-corrected chi connectivity index (χ0v) is 15.9. The SMILES string of the molecule is CCCCN(CC)c1ccc([N+](=O)[O-])cc1/C=N\Nc1ccc([N+](=O)[O-])cc1. The summed E-state index contributed by atoms with van der Waals surface area (Å²) in [6, 6.07) is 10.6. The van der Waals surface area contributed by atoms with Crippen LogP contribution in [0.3, 0.4) is 0 Å². The molecule has 9 nitrogen and oxygen atoms in total. The Kier molecular flexibility index (Phi) is 7.44. The lowest BCUT2D eigenvalue weighted by atomic mass is 10.1. The highest BCUT2D eigenvalue weighted by Gasteiger charge is 2.14. The van der Waals surface area contributed by atoms with E-state index in [1.807, 2.05) is 6.92 Å². The van der Waals surface area contributed by atoms with E-state index in [-0.39, 0.29) is 11.4 Å². The number of nitro benzene ring substituents is 2. The molecule has 2 rings (SSSR count). The highest BCUT2D eigenvalue weighted by Crippen LogP contribution is 2.25. The molecule has 0 fully saturated rings. The molecular formula is C19H23N5O4. The molecule has 148 valence electrons. The maximum absolute atomic E-state index is 11.1. The van der Waals surface area contributed by atoms with Gasteiger partial charge in [0.25, 0.3) is 11.4 Å². The average molecular weight is 385 g/mol. The molecule has 2 aromatic rings. The number of anilines is 2. The van der Waals surface area contributed by atoms with Crippen LogP contribution in [0.1, 0.15) is 32.3 Å². The number of hydrogen-bond donors (Lipinski definition) is 1. The van der Waals surface area contributed by atoms with Gasteiger partial charge in [0.05, 0.1) is 21.7 Å². The Balaban J connectivity index is 2.25. The third-order valence-corrected chi connectivity index (χ3v) is 4.20. The van der Waals surface area contributed by atoms with Crippen molar-refractivity contribution < 1.29 is 9.85 Å². The van der Waals surface area contributed by atoms with Crippen molar-refractivity contribution in [2.45, 2.75) is 26.7 Å². The fourth-order valence-corrected chi connectivity index (χ4v) is 2.68. The molecule has 28 heavy (non-hydrogen) atoms. The van der Waals surface area contributed by atoms with Gasteiger partial charge in [0, 0.05) is 48.6 Å². The third-order valence-electron chi connectivity index (χ3n) is 4.20. The summed E-state index contributed by atoms with van der Waals surface area (Å²) in [6.45, 7) is 5.77. The summed E-state index contributed by atoms with van der Waals surface area (Å²) in [5, 5.41) is 26.0. The first-order valence-electron chi connectivity index (χ1n) is 9.03. The average Bonchev–Trinajstić information content (AvgIpc) is 2.69. The van der Waals surface area contributed by atoms with Gasteiger partial charge in [0.15, 0.2) is 0 Å². The molecule has 0 amide bonds. The van der Waals surface area contributed by atoms with E-state index in [1.54, 1.807) is 18.2 Å². The van der Waals surface area contributed by atoms with E-state index in [0.29, 0.717) is 11.3 Å². The predicted molar refractivity (Wildman–Crippen MR) is 110 cm³/mol. The maximum atomic E-state index is 11.1. The first-order chi connectivity index (χ1) is 13.5. The Bertz CT molecular complexity index is 852. The summed E-state index contributed by atoms with van der Waals surface area (Å²) in [5.41, 5.74) is 4.85. The van der Waals surface area contributed by atoms with E-state index >= 15 is 0 Å². The minimum Gasteiger partial charge on any atom is -0.371 e. The molecule has 0 aliphatic rings. The van der Waals surface area contributed by atoms with Gasteiger partial charge in [-0.05, 0) is 31.5 Å². The summed E-state index contributed by atoms with van der Waals surface area (Å²) < 4.78 is 0. The van der Waals surface area contributed by atoms with E-state index in [1.165, 1.54) is 30.5 Å². The van der Waals surface area contributed by atoms with Crippen LogP contribution >= 0.6 is 0 Å². The van der Waals surface area contributed by atoms with Crippen LogP contribution < -0.4 is 10.3 Å². The summed E-state index contributed by atoms with van der Waals surface area (Å²) in [5.74, 6) is 0. The van der Waals surface area contributed by atoms with Gasteiger partial charge in [-0.2, -0.15) is 5.10 Å². The summed E-state index contributed by atoms with van der Waals surface area (Å²) in [4.78, 5) is 23.1. The summed E-state index contributed by atoms with van der Waals surface area (Å²) >= 11 is 0. The van der Waals surface area contributed by atoms with Crippen LogP contribution in [0.4, 0.5) is 22.7 Å². The monoisotopic (exact) mass is 385 g/mol. The molecule has 9 heteroatoms. The second-order valence-electron chi connectivity index (χ2n) is 6.11. The van der Waals surface area contributed by atoms with Crippen LogP contribution in [0.2, 0.25) is 0 Å². The molecular weight excluding hydrogens is 362 g/mol. The molecule has 0 unspecified atom stereocenters. The zero-order chi connectivity index (χ0) is 20.5. The number of hydrogen-bond acceptors (Lipinski definition) is 7. The van der Waals surface area contributed by atoms with Crippen molar-refractivity contribution in [1.29, 1.82) is 0 Å². The fourth-order valence-electron chi connectivity index (χ4n) is 2.68. The fraction of sp³-hybridized carbons (Fsp3) is 0.316. The Labute approximate surface area is 163 Å². The lowest BCUT2D eigenvalue weighted by molar-refractivity contribution is -0.385. The van der Waals surface area contributed by atoms with E-state index in [9.17, 15) is 20.2 Å². The van der Waals surface area contributed by atoms with Crippen LogP contribution in [0.15, 0.2) is 47.6 Å². The zero-order valence-electron chi connectivity index (χ0n) is 15.9. The first kappa shape index (κ1) is 20.8. The highest BCUT2D eigenvalue weighted by molar-refractivity contribution is 5.89. The standard InChI is InChI=1S/C19H23N5O4/c1-3-5-12-22(4-2)19-11-10-18(24(27)28)13-15(19)14-20-21-16-6-8-17(9-7-16)23(25)26/h6-11,13-14,21H,3-5,12H2,1-2H3/b20-14-. The number of nitro groups is 2. The number of non-ortho nitro benzene ring substituents is 2. The summed E-state index contributed by atoms with van der Waals surface area (Å²) in [6.07, 6.45) is 3.59. The molecule has 2 aromatic carbocycles. The topological polar surface area (TPSA) is 114 Å². The van der Waals surface area contributed by atoms with Crippen LogP contribution in [0.25, 0.3) is 0 Å². The van der Waals surface area contributed by atoms with E-state index < -0.39 is 9.85 Å². The van der Waals surface area contributed by atoms with Crippen molar-refractivity contribution in [3.8, 4) is 0 Å². The van der Waals surface area contributed by atoms with Gasteiger partial charge in [-0.25, -0.2) is 0 Å². The van der Waals surface area contributed by atoms with Crippen LogP contribution in [0.5, 0.6) is 0 Å². The molecule has 0 heterocycles. The minimum atomic E-state index is -0.474. The second-order valence-corrected chi connectivity index (χ2v) is 6.11. The van der Waals surface area contributed by atoms with Crippen LogP contribution in [0, 0.1) is 20.2 Å². The Morgan fingerprint density at radius 1 is 1.04 bits per heavy atom. The predicted octanol–water partition coefficient (Wildman–Crippen LogP) is 4.58. The molecule has 0 spiro atoms. The highest BCUT2D eigenvalue weighted by atomic mass is 16.6. The van der Waals surface area contributed by atoms with Gasteiger partial charge in [0.1, 0.15) is 0 Å². The van der Waals surface area contributed by atoms with Crippen molar-refractivity contribution in [3.05, 3.63) is 68.3 Å². The molecule has 0 saturated heterocycles. The molecule has 0 bridgehead atoms. The van der Waals surface area contributed by atoms with E-state index in [0.717, 1.165) is 31.6 Å². The van der Waals surface area contributed by atoms with Crippen molar-refractivity contribution in [2.24, 2.45) is 5.10 Å². The first-order valence-corrected chi connectivity index (χ1v) is 9.03. The lowest BCUT2D eigenvalue weighted by Crippen LogP contribution is -2.25. The van der Waals surface area contributed by atoms with Crippen LogP contribution in [-0.2, 0) is 0 Å². The van der Waals surface area contributed by atoms with Crippen molar-refractivity contribution in [3.63, 3.8) is 0 Å². The second kappa shape index (κ2) is 10.0. The third kappa shape index (κ3) is 5.50. The lowest BCUT2D eigenvalue weighted by Gasteiger charge is -2.24. The minimum absolute atomic E-state index is 0.00733. The number of nitrogens with one attached hydrogen (secondary N) is 1. The Morgan fingerprint density at radius 2 is 1.68 bits per heavy atom.